The summed E-state index contributed by atoms with van der Waals surface area (Å²) >= 11 is 7.56. The van der Waals surface area contributed by atoms with Crippen molar-refractivity contribution in [2.45, 2.75) is 13.3 Å². The standard InChI is InChI=1S/C14H11ClN2OS/c1-9-4-11(15)3-2-10(9)5-13-7-17-12(8-18)6-16-14(17)19-13/h2-4,6-8H,5H2,1H3. The molecule has 0 bridgehead atoms. The molecule has 0 saturated heterocycles. The summed E-state index contributed by atoms with van der Waals surface area (Å²) in [6.07, 6.45) is 5.22. The van der Waals surface area contributed by atoms with Crippen LogP contribution >= 0.6 is 22.9 Å². The van der Waals surface area contributed by atoms with Crippen LogP contribution in [0.2, 0.25) is 5.02 Å². The minimum Gasteiger partial charge on any atom is -0.296 e. The van der Waals surface area contributed by atoms with E-state index in [0.717, 1.165) is 22.7 Å². The maximum absolute atomic E-state index is 10.9. The third-order valence-corrected chi connectivity index (χ3v) is 4.31. The first kappa shape index (κ1) is 12.4. The Labute approximate surface area is 119 Å². The van der Waals surface area contributed by atoms with Gasteiger partial charge in [0.25, 0.3) is 0 Å². The second-order valence-corrected chi connectivity index (χ2v) is 5.93. The molecule has 2 aromatic heterocycles. The fourth-order valence-corrected chi connectivity index (χ4v) is 3.27. The zero-order valence-electron chi connectivity index (χ0n) is 10.3. The second-order valence-electron chi connectivity index (χ2n) is 4.40. The molecule has 0 saturated carbocycles. The lowest BCUT2D eigenvalue weighted by Gasteiger charge is -2.04. The van der Waals surface area contributed by atoms with E-state index in [1.54, 1.807) is 17.5 Å². The van der Waals surface area contributed by atoms with Gasteiger partial charge in [0, 0.05) is 22.5 Å². The van der Waals surface area contributed by atoms with E-state index in [9.17, 15) is 4.79 Å². The first-order valence-corrected chi connectivity index (χ1v) is 7.03. The number of carbonyl (C=O) groups is 1. The van der Waals surface area contributed by atoms with E-state index < -0.39 is 0 Å². The van der Waals surface area contributed by atoms with Gasteiger partial charge in [0.15, 0.2) is 11.2 Å². The molecule has 1 aromatic carbocycles. The van der Waals surface area contributed by atoms with Gasteiger partial charge in [-0.1, -0.05) is 17.7 Å². The number of fused-ring (bicyclic) bond motifs is 1. The van der Waals surface area contributed by atoms with Crippen LogP contribution in [0.4, 0.5) is 0 Å². The quantitative estimate of drug-likeness (QED) is 0.688. The maximum Gasteiger partial charge on any atom is 0.194 e. The molecule has 0 fully saturated rings. The topological polar surface area (TPSA) is 34.4 Å². The largest absolute Gasteiger partial charge is 0.296 e. The molecule has 0 unspecified atom stereocenters. The number of carbonyl (C=O) groups excluding carboxylic acids is 1. The Bertz CT molecular complexity index is 760. The van der Waals surface area contributed by atoms with Crippen molar-refractivity contribution >= 4 is 34.2 Å². The molecule has 96 valence electrons. The Balaban J connectivity index is 1.96. The molecule has 0 aliphatic rings. The van der Waals surface area contributed by atoms with Crippen LogP contribution in [-0.4, -0.2) is 15.7 Å². The summed E-state index contributed by atoms with van der Waals surface area (Å²) in [4.78, 5) is 17.1. The molecule has 19 heavy (non-hydrogen) atoms. The van der Waals surface area contributed by atoms with Gasteiger partial charge < -0.3 is 0 Å². The summed E-state index contributed by atoms with van der Waals surface area (Å²) in [6, 6.07) is 5.91. The Morgan fingerprint density at radius 3 is 3.05 bits per heavy atom. The highest BCUT2D eigenvalue weighted by Crippen LogP contribution is 2.24. The molecule has 5 heteroatoms. The van der Waals surface area contributed by atoms with Crippen molar-refractivity contribution in [3.8, 4) is 0 Å². The zero-order valence-corrected chi connectivity index (χ0v) is 11.8. The van der Waals surface area contributed by atoms with E-state index in [4.69, 9.17) is 11.6 Å². The van der Waals surface area contributed by atoms with Gasteiger partial charge >= 0.3 is 0 Å². The summed E-state index contributed by atoms with van der Waals surface area (Å²) in [7, 11) is 0. The average molecular weight is 291 g/mol. The van der Waals surface area contributed by atoms with Crippen molar-refractivity contribution < 1.29 is 4.79 Å². The van der Waals surface area contributed by atoms with Crippen LogP contribution in [0.25, 0.3) is 4.96 Å². The number of thiazole rings is 1. The number of aromatic nitrogens is 2. The van der Waals surface area contributed by atoms with E-state index in [1.807, 2.05) is 28.8 Å². The van der Waals surface area contributed by atoms with Gasteiger partial charge in [0.05, 0.1) is 6.20 Å². The number of hydrogen-bond acceptors (Lipinski definition) is 3. The van der Waals surface area contributed by atoms with Gasteiger partial charge in [0.2, 0.25) is 0 Å². The maximum atomic E-state index is 10.9. The normalized spacial score (nSPS) is 11.1. The Hall–Kier alpha value is -1.65. The minimum atomic E-state index is 0.588. The van der Waals surface area contributed by atoms with Gasteiger partial charge in [0.1, 0.15) is 5.69 Å². The van der Waals surface area contributed by atoms with E-state index >= 15 is 0 Å². The summed E-state index contributed by atoms with van der Waals surface area (Å²) in [5, 5.41) is 0.755. The van der Waals surface area contributed by atoms with E-state index in [2.05, 4.69) is 11.9 Å². The van der Waals surface area contributed by atoms with Crippen LogP contribution in [0.5, 0.6) is 0 Å². The monoisotopic (exact) mass is 290 g/mol. The first-order valence-electron chi connectivity index (χ1n) is 5.83. The van der Waals surface area contributed by atoms with Crippen molar-refractivity contribution in [1.29, 1.82) is 0 Å². The Morgan fingerprint density at radius 2 is 2.32 bits per heavy atom. The average Bonchev–Trinajstić information content (AvgIpc) is 2.92. The zero-order chi connectivity index (χ0) is 13.4. The Morgan fingerprint density at radius 1 is 1.47 bits per heavy atom. The SMILES string of the molecule is Cc1cc(Cl)ccc1Cc1cn2c(C=O)cnc2s1. The molecule has 0 N–H and O–H groups in total. The van der Waals surface area contributed by atoms with Gasteiger partial charge in [-0.2, -0.15) is 0 Å². The van der Waals surface area contributed by atoms with E-state index in [1.165, 1.54) is 16.0 Å². The molecule has 0 aliphatic carbocycles. The van der Waals surface area contributed by atoms with Crippen LogP contribution in [0.15, 0.2) is 30.6 Å². The first-order chi connectivity index (χ1) is 9.17. The summed E-state index contributed by atoms with van der Waals surface area (Å²) < 4.78 is 1.83. The molecule has 3 aromatic rings. The van der Waals surface area contributed by atoms with Gasteiger partial charge in [-0.25, -0.2) is 4.98 Å². The molecule has 0 aliphatic heterocycles. The Kier molecular flexibility index (Phi) is 3.12. The number of aldehydes is 1. The molecule has 0 amide bonds. The summed E-state index contributed by atoms with van der Waals surface area (Å²) in [5.41, 5.74) is 3.00. The molecule has 0 atom stereocenters. The van der Waals surface area contributed by atoms with Crippen molar-refractivity contribution in [3.05, 3.63) is 57.3 Å². The molecule has 0 radical (unpaired) electrons. The highest BCUT2D eigenvalue weighted by molar-refractivity contribution is 7.17. The number of hydrogen-bond donors (Lipinski definition) is 0. The van der Waals surface area contributed by atoms with Crippen LogP contribution < -0.4 is 0 Å². The number of benzene rings is 1. The second kappa shape index (κ2) is 4.79. The fourth-order valence-electron chi connectivity index (χ4n) is 2.06. The van der Waals surface area contributed by atoms with Crippen molar-refractivity contribution in [3.63, 3.8) is 0 Å². The van der Waals surface area contributed by atoms with Crippen molar-refractivity contribution in [2.75, 3.05) is 0 Å². The molecular formula is C14H11ClN2OS. The summed E-state index contributed by atoms with van der Waals surface area (Å²) in [6.45, 7) is 2.05. The number of halogens is 1. The van der Waals surface area contributed by atoms with E-state index in [-0.39, 0.29) is 0 Å². The van der Waals surface area contributed by atoms with Crippen LogP contribution in [0.3, 0.4) is 0 Å². The number of rotatable bonds is 3. The third kappa shape index (κ3) is 2.29. The number of nitrogens with zero attached hydrogens (tertiary/aromatic N) is 2. The minimum absolute atomic E-state index is 0.588. The molecule has 3 rings (SSSR count). The van der Waals surface area contributed by atoms with Crippen LogP contribution in [0.1, 0.15) is 26.5 Å². The molecule has 2 heterocycles. The van der Waals surface area contributed by atoms with Crippen LogP contribution in [0, 0.1) is 6.92 Å². The predicted octanol–water partition coefficient (Wildman–Crippen LogP) is 3.76. The van der Waals surface area contributed by atoms with Crippen LogP contribution in [-0.2, 0) is 6.42 Å². The number of imidazole rings is 1. The lowest BCUT2D eigenvalue weighted by atomic mass is 10.1. The highest BCUT2D eigenvalue weighted by atomic mass is 35.5. The predicted molar refractivity (Wildman–Crippen MR) is 77.5 cm³/mol. The van der Waals surface area contributed by atoms with Crippen molar-refractivity contribution in [2.24, 2.45) is 0 Å². The number of aryl methyl sites for hydroxylation is 1. The molecule has 0 spiro atoms. The lowest BCUT2D eigenvalue weighted by Crippen LogP contribution is -1.90. The molecule has 3 nitrogen and oxygen atoms in total. The fraction of sp³-hybridized carbons (Fsp3) is 0.143. The highest BCUT2D eigenvalue weighted by Gasteiger charge is 2.09. The van der Waals surface area contributed by atoms with Gasteiger partial charge in [-0.3, -0.25) is 9.20 Å². The van der Waals surface area contributed by atoms with E-state index in [0.29, 0.717) is 5.69 Å². The smallest absolute Gasteiger partial charge is 0.194 e. The van der Waals surface area contributed by atoms with Gasteiger partial charge in [-0.05, 0) is 30.2 Å². The summed E-state index contributed by atoms with van der Waals surface area (Å²) in [5.74, 6) is 0. The van der Waals surface area contributed by atoms with Crippen molar-refractivity contribution in [1.82, 2.24) is 9.38 Å². The molecular weight excluding hydrogens is 280 g/mol. The third-order valence-electron chi connectivity index (χ3n) is 3.08. The van der Waals surface area contributed by atoms with Gasteiger partial charge in [-0.15, -0.1) is 11.3 Å². The lowest BCUT2D eigenvalue weighted by molar-refractivity contribution is 0.111.